The van der Waals surface area contributed by atoms with Gasteiger partial charge in [0.2, 0.25) is 0 Å². The van der Waals surface area contributed by atoms with Gasteiger partial charge in [-0.3, -0.25) is 9.59 Å². The minimum atomic E-state index is -3.47. The standard InChI is InChI=1S/C12H22O5S/c1-6-17-11(14)12(4,5)10(13)8-18(15,16)7-9(2)3/h9H,6-8H2,1-5H3. The topological polar surface area (TPSA) is 77.5 Å². The SMILES string of the molecule is CCOC(=O)C(C)(C)C(=O)CS(=O)(=O)CC(C)C. The summed E-state index contributed by atoms with van der Waals surface area (Å²) in [4.78, 5) is 23.5. The molecule has 0 aliphatic rings. The second kappa shape index (κ2) is 6.31. The summed E-state index contributed by atoms with van der Waals surface area (Å²) in [7, 11) is -3.47. The monoisotopic (exact) mass is 278 g/mol. The minimum Gasteiger partial charge on any atom is -0.465 e. The van der Waals surface area contributed by atoms with E-state index in [9.17, 15) is 18.0 Å². The molecule has 0 aromatic rings. The molecule has 0 saturated heterocycles. The number of carbonyl (C=O) groups excluding carboxylic acids is 2. The van der Waals surface area contributed by atoms with Crippen LogP contribution in [0.5, 0.6) is 0 Å². The Labute approximate surface area is 109 Å². The van der Waals surface area contributed by atoms with Crippen LogP contribution in [0, 0.1) is 11.3 Å². The van der Waals surface area contributed by atoms with Crippen LogP contribution in [0.2, 0.25) is 0 Å². The fraction of sp³-hybridized carbons (Fsp3) is 0.833. The van der Waals surface area contributed by atoms with Crippen molar-refractivity contribution in [3.05, 3.63) is 0 Å². The Morgan fingerprint density at radius 1 is 1.22 bits per heavy atom. The lowest BCUT2D eigenvalue weighted by atomic mass is 9.89. The van der Waals surface area contributed by atoms with Crippen LogP contribution in [0.4, 0.5) is 0 Å². The maximum atomic E-state index is 11.9. The zero-order valence-electron chi connectivity index (χ0n) is 11.6. The maximum absolute atomic E-state index is 11.9. The Kier molecular flexibility index (Phi) is 5.99. The van der Waals surface area contributed by atoms with Crippen molar-refractivity contribution in [1.82, 2.24) is 0 Å². The normalized spacial score (nSPS) is 12.6. The van der Waals surface area contributed by atoms with Crippen LogP contribution >= 0.6 is 0 Å². The fourth-order valence-electron chi connectivity index (χ4n) is 1.37. The van der Waals surface area contributed by atoms with Crippen molar-refractivity contribution >= 4 is 21.6 Å². The number of esters is 1. The molecular weight excluding hydrogens is 256 g/mol. The smallest absolute Gasteiger partial charge is 0.319 e. The van der Waals surface area contributed by atoms with Crippen LogP contribution in [0.15, 0.2) is 0 Å². The van der Waals surface area contributed by atoms with Crippen LogP contribution < -0.4 is 0 Å². The first-order valence-electron chi connectivity index (χ1n) is 5.94. The molecule has 0 rings (SSSR count). The largest absolute Gasteiger partial charge is 0.465 e. The molecule has 18 heavy (non-hydrogen) atoms. The van der Waals surface area contributed by atoms with E-state index in [0.717, 1.165) is 0 Å². The van der Waals surface area contributed by atoms with E-state index in [1.807, 2.05) is 0 Å². The van der Waals surface area contributed by atoms with Gasteiger partial charge in [-0.25, -0.2) is 8.42 Å². The molecule has 0 fully saturated rings. The average molecular weight is 278 g/mol. The molecule has 0 radical (unpaired) electrons. The van der Waals surface area contributed by atoms with E-state index in [1.54, 1.807) is 20.8 Å². The number of ketones is 1. The third-order valence-corrected chi connectivity index (χ3v) is 4.30. The van der Waals surface area contributed by atoms with Gasteiger partial charge in [-0.1, -0.05) is 13.8 Å². The fourth-order valence-corrected chi connectivity index (χ4v) is 3.27. The number of hydrogen-bond donors (Lipinski definition) is 0. The lowest BCUT2D eigenvalue weighted by Crippen LogP contribution is -2.39. The summed E-state index contributed by atoms with van der Waals surface area (Å²) in [5.41, 5.74) is -1.42. The third-order valence-electron chi connectivity index (χ3n) is 2.42. The number of ether oxygens (including phenoxy) is 1. The second-order valence-electron chi connectivity index (χ2n) is 5.22. The van der Waals surface area contributed by atoms with Gasteiger partial charge < -0.3 is 4.74 Å². The Hall–Kier alpha value is -0.910. The molecule has 6 heteroatoms. The first-order chi connectivity index (χ1) is 8.03. The van der Waals surface area contributed by atoms with Gasteiger partial charge in [0.1, 0.15) is 11.2 Å². The Morgan fingerprint density at radius 3 is 2.11 bits per heavy atom. The molecule has 0 aromatic carbocycles. The lowest BCUT2D eigenvalue weighted by Gasteiger charge is -2.20. The van der Waals surface area contributed by atoms with Gasteiger partial charge in [0.05, 0.1) is 12.4 Å². The van der Waals surface area contributed by atoms with Crippen molar-refractivity contribution < 1.29 is 22.7 Å². The van der Waals surface area contributed by atoms with Crippen LogP contribution in [0.3, 0.4) is 0 Å². The van der Waals surface area contributed by atoms with Crippen LogP contribution in [0.25, 0.3) is 0 Å². The molecule has 0 spiro atoms. The molecule has 0 atom stereocenters. The van der Waals surface area contributed by atoms with Crippen molar-refractivity contribution in [3.63, 3.8) is 0 Å². The summed E-state index contributed by atoms with van der Waals surface area (Å²) in [5.74, 6) is -2.03. The van der Waals surface area contributed by atoms with E-state index in [-0.39, 0.29) is 18.3 Å². The summed E-state index contributed by atoms with van der Waals surface area (Å²) in [6.45, 7) is 8.09. The van der Waals surface area contributed by atoms with Gasteiger partial charge >= 0.3 is 5.97 Å². The number of sulfone groups is 1. The molecule has 0 aromatic heterocycles. The lowest BCUT2D eigenvalue weighted by molar-refractivity contribution is -0.157. The van der Waals surface area contributed by atoms with E-state index < -0.39 is 32.8 Å². The number of Topliss-reactive ketones (excluding diaryl/α,β-unsaturated/α-hetero) is 1. The predicted molar refractivity (Wildman–Crippen MR) is 68.9 cm³/mol. The van der Waals surface area contributed by atoms with Crippen molar-refractivity contribution in [2.24, 2.45) is 11.3 Å². The van der Waals surface area contributed by atoms with Gasteiger partial charge in [-0.2, -0.15) is 0 Å². The van der Waals surface area contributed by atoms with Crippen molar-refractivity contribution in [2.45, 2.75) is 34.6 Å². The number of hydrogen-bond acceptors (Lipinski definition) is 5. The molecule has 0 aliphatic heterocycles. The highest BCUT2D eigenvalue weighted by Crippen LogP contribution is 2.20. The maximum Gasteiger partial charge on any atom is 0.319 e. The molecule has 0 N–H and O–H groups in total. The Balaban J connectivity index is 4.81. The van der Waals surface area contributed by atoms with Gasteiger partial charge in [0.15, 0.2) is 15.6 Å². The minimum absolute atomic E-state index is 0.0477. The molecule has 5 nitrogen and oxygen atoms in total. The summed E-state index contributed by atoms with van der Waals surface area (Å²) in [5, 5.41) is 0. The Morgan fingerprint density at radius 2 is 1.72 bits per heavy atom. The van der Waals surface area contributed by atoms with E-state index in [2.05, 4.69) is 0 Å². The highest BCUT2D eigenvalue weighted by molar-refractivity contribution is 7.92. The van der Waals surface area contributed by atoms with Crippen LogP contribution in [0.1, 0.15) is 34.6 Å². The molecule has 0 aliphatic carbocycles. The summed E-state index contributed by atoms with van der Waals surface area (Å²) in [6, 6.07) is 0. The quantitative estimate of drug-likeness (QED) is 0.517. The first kappa shape index (κ1) is 17.1. The van der Waals surface area contributed by atoms with Gasteiger partial charge in [-0.05, 0) is 26.7 Å². The van der Waals surface area contributed by atoms with Gasteiger partial charge in [0, 0.05) is 0 Å². The van der Waals surface area contributed by atoms with E-state index in [0.29, 0.717) is 0 Å². The summed E-state index contributed by atoms with van der Waals surface area (Å²) in [6.07, 6.45) is 0. The van der Waals surface area contributed by atoms with Crippen LogP contribution in [-0.2, 0) is 24.2 Å². The first-order valence-corrected chi connectivity index (χ1v) is 7.76. The summed E-state index contributed by atoms with van der Waals surface area (Å²) < 4.78 is 28.2. The molecular formula is C12H22O5S. The van der Waals surface area contributed by atoms with Gasteiger partial charge in [0.25, 0.3) is 0 Å². The van der Waals surface area contributed by atoms with E-state index in [4.69, 9.17) is 4.74 Å². The van der Waals surface area contributed by atoms with Gasteiger partial charge in [-0.15, -0.1) is 0 Å². The Bertz CT molecular complexity index is 406. The van der Waals surface area contributed by atoms with Crippen LogP contribution in [-0.4, -0.2) is 38.3 Å². The molecule has 0 bridgehead atoms. The third kappa shape index (κ3) is 5.16. The highest BCUT2D eigenvalue weighted by atomic mass is 32.2. The molecule has 0 unspecified atom stereocenters. The zero-order valence-corrected chi connectivity index (χ0v) is 12.5. The van der Waals surface area contributed by atoms with Crippen molar-refractivity contribution in [2.75, 3.05) is 18.1 Å². The number of rotatable bonds is 7. The average Bonchev–Trinajstić information content (AvgIpc) is 2.14. The molecule has 0 saturated carbocycles. The van der Waals surface area contributed by atoms with Crippen molar-refractivity contribution in [1.29, 1.82) is 0 Å². The zero-order chi connectivity index (χ0) is 14.6. The highest BCUT2D eigenvalue weighted by Gasteiger charge is 2.39. The summed E-state index contributed by atoms with van der Waals surface area (Å²) >= 11 is 0. The molecule has 106 valence electrons. The van der Waals surface area contributed by atoms with Crippen molar-refractivity contribution in [3.8, 4) is 0 Å². The van der Waals surface area contributed by atoms with E-state index >= 15 is 0 Å². The molecule has 0 heterocycles. The predicted octanol–water partition coefficient (Wildman–Crippen LogP) is 1.22. The second-order valence-corrected chi connectivity index (χ2v) is 7.33. The van der Waals surface area contributed by atoms with E-state index in [1.165, 1.54) is 13.8 Å². The molecule has 0 amide bonds. The number of carbonyl (C=O) groups is 2.